The molecule has 0 aromatic heterocycles. The van der Waals surface area contributed by atoms with Gasteiger partial charge in [0, 0.05) is 23.1 Å². The van der Waals surface area contributed by atoms with Gasteiger partial charge in [-0.3, -0.25) is 4.90 Å². The molecule has 3 unspecified atom stereocenters. The minimum absolute atomic E-state index is 0.460. The molecule has 0 spiro atoms. The van der Waals surface area contributed by atoms with E-state index in [2.05, 4.69) is 35.3 Å². The predicted molar refractivity (Wildman–Crippen MR) is 85.2 cm³/mol. The summed E-state index contributed by atoms with van der Waals surface area (Å²) in [6, 6.07) is 10.2. The number of rotatable bonds is 3. The van der Waals surface area contributed by atoms with Gasteiger partial charge in [-0.2, -0.15) is 0 Å². The Kier molecular flexibility index (Phi) is 4.65. The van der Waals surface area contributed by atoms with Gasteiger partial charge in [-0.15, -0.1) is 0 Å². The summed E-state index contributed by atoms with van der Waals surface area (Å²) in [5.74, 6) is 0. The van der Waals surface area contributed by atoms with Crippen LogP contribution >= 0.6 is 11.6 Å². The van der Waals surface area contributed by atoms with Crippen molar-refractivity contribution in [2.75, 3.05) is 13.1 Å². The SMILES string of the molecule is CC(c1cccc(Cl)c1)N1CCCCC1C1CCCN1. The topological polar surface area (TPSA) is 15.3 Å². The molecule has 0 amide bonds. The van der Waals surface area contributed by atoms with Crippen LogP contribution in [0.4, 0.5) is 0 Å². The zero-order valence-corrected chi connectivity index (χ0v) is 13.1. The van der Waals surface area contributed by atoms with Crippen LogP contribution in [0.1, 0.15) is 50.6 Å². The summed E-state index contributed by atoms with van der Waals surface area (Å²) in [6.07, 6.45) is 6.71. The quantitative estimate of drug-likeness (QED) is 0.905. The Morgan fingerprint density at radius 2 is 2.15 bits per heavy atom. The predicted octanol–water partition coefficient (Wildman–Crippen LogP) is 4.01. The Hall–Kier alpha value is -0.570. The summed E-state index contributed by atoms with van der Waals surface area (Å²) in [7, 11) is 0. The zero-order valence-electron chi connectivity index (χ0n) is 12.3. The van der Waals surface area contributed by atoms with Gasteiger partial charge in [0.25, 0.3) is 0 Å². The third-order valence-corrected chi connectivity index (χ3v) is 5.22. The highest BCUT2D eigenvalue weighted by Crippen LogP contribution is 2.32. The van der Waals surface area contributed by atoms with Crippen LogP contribution in [0.3, 0.4) is 0 Å². The number of halogens is 1. The van der Waals surface area contributed by atoms with Crippen molar-refractivity contribution in [1.29, 1.82) is 0 Å². The van der Waals surface area contributed by atoms with Crippen molar-refractivity contribution in [2.45, 2.75) is 57.2 Å². The maximum Gasteiger partial charge on any atom is 0.0409 e. The van der Waals surface area contributed by atoms with Gasteiger partial charge in [-0.25, -0.2) is 0 Å². The molecule has 1 aromatic carbocycles. The molecule has 3 atom stereocenters. The van der Waals surface area contributed by atoms with E-state index in [1.54, 1.807) is 0 Å². The van der Waals surface area contributed by atoms with Crippen LogP contribution in [0.15, 0.2) is 24.3 Å². The normalized spacial score (nSPS) is 29.5. The number of piperidine rings is 1. The van der Waals surface area contributed by atoms with E-state index in [1.807, 2.05) is 6.07 Å². The molecule has 2 aliphatic rings. The van der Waals surface area contributed by atoms with Crippen molar-refractivity contribution >= 4 is 11.6 Å². The van der Waals surface area contributed by atoms with E-state index in [0.717, 1.165) is 5.02 Å². The zero-order chi connectivity index (χ0) is 13.9. The molecular formula is C17H25ClN2. The fourth-order valence-electron chi connectivity index (χ4n) is 3.89. The first-order valence-electron chi connectivity index (χ1n) is 8.00. The van der Waals surface area contributed by atoms with Gasteiger partial charge >= 0.3 is 0 Å². The maximum absolute atomic E-state index is 6.16. The summed E-state index contributed by atoms with van der Waals surface area (Å²) in [5, 5.41) is 4.56. The summed E-state index contributed by atoms with van der Waals surface area (Å²) >= 11 is 6.16. The van der Waals surface area contributed by atoms with Gasteiger partial charge in [0.2, 0.25) is 0 Å². The first-order valence-corrected chi connectivity index (χ1v) is 8.38. The minimum Gasteiger partial charge on any atom is -0.312 e. The lowest BCUT2D eigenvalue weighted by atomic mass is 9.91. The van der Waals surface area contributed by atoms with E-state index in [4.69, 9.17) is 11.6 Å². The third kappa shape index (κ3) is 3.03. The van der Waals surface area contributed by atoms with Gasteiger partial charge in [-0.1, -0.05) is 30.2 Å². The second kappa shape index (κ2) is 6.46. The lowest BCUT2D eigenvalue weighted by molar-refractivity contribution is 0.0803. The number of hydrogen-bond donors (Lipinski definition) is 1. The molecule has 0 radical (unpaired) electrons. The molecule has 110 valence electrons. The van der Waals surface area contributed by atoms with Crippen LogP contribution in [0.5, 0.6) is 0 Å². The highest BCUT2D eigenvalue weighted by molar-refractivity contribution is 6.30. The minimum atomic E-state index is 0.460. The number of likely N-dealkylation sites (tertiary alicyclic amines) is 1. The van der Waals surface area contributed by atoms with Gasteiger partial charge < -0.3 is 5.32 Å². The molecule has 2 saturated heterocycles. The number of nitrogens with one attached hydrogen (secondary N) is 1. The molecule has 0 aliphatic carbocycles. The average molecular weight is 293 g/mol. The van der Waals surface area contributed by atoms with Gasteiger partial charge in [0.1, 0.15) is 0 Å². The lowest BCUT2D eigenvalue weighted by Crippen LogP contribution is -2.50. The smallest absolute Gasteiger partial charge is 0.0409 e. The van der Waals surface area contributed by atoms with Crippen LogP contribution < -0.4 is 5.32 Å². The second-order valence-electron chi connectivity index (χ2n) is 6.23. The summed E-state index contributed by atoms with van der Waals surface area (Å²) < 4.78 is 0. The Morgan fingerprint density at radius 3 is 2.90 bits per heavy atom. The highest BCUT2D eigenvalue weighted by atomic mass is 35.5. The van der Waals surface area contributed by atoms with Gasteiger partial charge in [0.15, 0.2) is 0 Å². The molecule has 20 heavy (non-hydrogen) atoms. The van der Waals surface area contributed by atoms with E-state index in [9.17, 15) is 0 Å². The van der Waals surface area contributed by atoms with Crippen molar-refractivity contribution in [1.82, 2.24) is 10.2 Å². The van der Waals surface area contributed by atoms with Crippen molar-refractivity contribution in [3.05, 3.63) is 34.9 Å². The molecule has 3 heteroatoms. The molecule has 2 fully saturated rings. The van der Waals surface area contributed by atoms with Crippen LogP contribution in [0.2, 0.25) is 5.02 Å². The standard InChI is InChI=1S/C17H25ClN2/c1-13(14-6-4-7-15(18)12-14)20-11-3-2-9-17(20)16-8-5-10-19-16/h4,6-7,12-13,16-17,19H,2-3,5,8-11H2,1H3. The second-order valence-corrected chi connectivity index (χ2v) is 6.67. The molecule has 0 bridgehead atoms. The van der Waals surface area contributed by atoms with Gasteiger partial charge in [-0.05, 0) is 63.4 Å². The van der Waals surface area contributed by atoms with Crippen molar-refractivity contribution in [2.24, 2.45) is 0 Å². The Balaban J connectivity index is 1.78. The fraction of sp³-hybridized carbons (Fsp3) is 0.647. The van der Waals surface area contributed by atoms with Crippen LogP contribution in [-0.2, 0) is 0 Å². The van der Waals surface area contributed by atoms with Crippen LogP contribution in [0.25, 0.3) is 0 Å². The van der Waals surface area contributed by atoms with Crippen LogP contribution in [-0.4, -0.2) is 30.1 Å². The molecular weight excluding hydrogens is 268 g/mol. The summed E-state index contributed by atoms with van der Waals surface area (Å²) in [5.41, 5.74) is 1.35. The molecule has 3 rings (SSSR count). The monoisotopic (exact) mass is 292 g/mol. The Morgan fingerprint density at radius 1 is 1.25 bits per heavy atom. The molecule has 2 nitrogen and oxygen atoms in total. The Labute approximate surface area is 127 Å². The number of hydrogen-bond acceptors (Lipinski definition) is 2. The number of benzene rings is 1. The van der Waals surface area contributed by atoms with E-state index in [0.29, 0.717) is 18.1 Å². The molecule has 1 aromatic rings. The molecule has 1 N–H and O–H groups in total. The first-order chi connectivity index (χ1) is 9.75. The van der Waals surface area contributed by atoms with Crippen molar-refractivity contribution in [3.63, 3.8) is 0 Å². The Bertz CT molecular complexity index is 442. The van der Waals surface area contributed by atoms with Crippen molar-refractivity contribution in [3.8, 4) is 0 Å². The average Bonchev–Trinajstić information content (AvgIpc) is 3.00. The van der Waals surface area contributed by atoms with E-state index < -0.39 is 0 Å². The van der Waals surface area contributed by atoms with Crippen LogP contribution in [0, 0.1) is 0 Å². The molecule has 2 heterocycles. The maximum atomic E-state index is 6.16. The molecule has 0 saturated carbocycles. The van der Waals surface area contributed by atoms with Gasteiger partial charge in [0.05, 0.1) is 0 Å². The van der Waals surface area contributed by atoms with E-state index >= 15 is 0 Å². The van der Waals surface area contributed by atoms with E-state index in [-0.39, 0.29) is 0 Å². The van der Waals surface area contributed by atoms with Crippen molar-refractivity contribution < 1.29 is 0 Å². The third-order valence-electron chi connectivity index (χ3n) is 4.98. The number of nitrogens with zero attached hydrogens (tertiary/aromatic N) is 1. The summed E-state index contributed by atoms with van der Waals surface area (Å²) in [4.78, 5) is 2.71. The lowest BCUT2D eigenvalue weighted by Gasteiger charge is -2.43. The summed E-state index contributed by atoms with van der Waals surface area (Å²) in [6.45, 7) is 4.75. The largest absolute Gasteiger partial charge is 0.312 e. The highest BCUT2D eigenvalue weighted by Gasteiger charge is 2.34. The first kappa shape index (κ1) is 14.4. The fourth-order valence-corrected chi connectivity index (χ4v) is 4.09. The molecule has 2 aliphatic heterocycles. The van der Waals surface area contributed by atoms with E-state index in [1.165, 1.54) is 50.8 Å².